The normalized spacial score (nSPS) is 11.7. The molecule has 1 aromatic carbocycles. The maximum atomic E-state index is 13.2. The van der Waals surface area contributed by atoms with Crippen molar-refractivity contribution in [1.82, 2.24) is 5.16 Å². The Balaban J connectivity index is 2.33. The van der Waals surface area contributed by atoms with Gasteiger partial charge in [-0.1, -0.05) is 35.5 Å². The second-order valence-electron chi connectivity index (χ2n) is 3.10. The topological polar surface area (TPSA) is 26.0 Å². The van der Waals surface area contributed by atoms with Gasteiger partial charge in [0.1, 0.15) is 17.8 Å². The smallest absolute Gasteiger partial charge is 0.126 e. The zero-order chi connectivity index (χ0) is 10.7. The monoisotopic (exact) mass is 203 g/mol. The summed E-state index contributed by atoms with van der Waals surface area (Å²) in [5, 5.41) is 3.80. The minimum absolute atomic E-state index is 0.221. The highest BCUT2D eigenvalue weighted by Gasteiger charge is 2.02. The maximum Gasteiger partial charge on any atom is 0.126 e. The van der Waals surface area contributed by atoms with Gasteiger partial charge < -0.3 is 4.52 Å². The molecule has 1 aromatic heterocycles. The lowest BCUT2D eigenvalue weighted by molar-refractivity contribution is 0.422. The summed E-state index contributed by atoms with van der Waals surface area (Å²) >= 11 is 0. The van der Waals surface area contributed by atoms with E-state index < -0.39 is 0 Å². The van der Waals surface area contributed by atoms with Crippen molar-refractivity contribution in [1.29, 1.82) is 0 Å². The van der Waals surface area contributed by atoms with Gasteiger partial charge >= 0.3 is 0 Å². The van der Waals surface area contributed by atoms with Crippen LogP contribution in [0.5, 0.6) is 0 Å². The van der Waals surface area contributed by atoms with Gasteiger partial charge in [-0.2, -0.15) is 0 Å². The molecule has 2 rings (SSSR count). The van der Waals surface area contributed by atoms with Crippen molar-refractivity contribution in [2.45, 2.75) is 6.92 Å². The second kappa shape index (κ2) is 4.09. The van der Waals surface area contributed by atoms with Crippen molar-refractivity contribution < 1.29 is 8.91 Å². The van der Waals surface area contributed by atoms with Crippen molar-refractivity contribution in [3.63, 3.8) is 0 Å². The highest BCUT2D eigenvalue weighted by Crippen LogP contribution is 2.21. The lowest BCUT2D eigenvalue weighted by atomic mass is 10.1. The van der Waals surface area contributed by atoms with Gasteiger partial charge in [-0.3, -0.25) is 0 Å². The van der Waals surface area contributed by atoms with Crippen LogP contribution in [0.25, 0.3) is 17.1 Å². The standard InChI is InChI=1S/C12H10FNO/c1-2-11(13)9-3-5-10(6-4-9)12-7-8-15-14-12/h2-8H,1H3/b11-2-. The van der Waals surface area contributed by atoms with Crippen LogP contribution in [-0.4, -0.2) is 5.16 Å². The van der Waals surface area contributed by atoms with Crippen molar-refractivity contribution in [3.05, 3.63) is 48.2 Å². The van der Waals surface area contributed by atoms with Crippen LogP contribution in [0.1, 0.15) is 12.5 Å². The van der Waals surface area contributed by atoms with Crippen LogP contribution < -0.4 is 0 Å². The molecular formula is C12H10FNO. The summed E-state index contributed by atoms with van der Waals surface area (Å²) in [6.45, 7) is 1.67. The molecule has 15 heavy (non-hydrogen) atoms. The van der Waals surface area contributed by atoms with E-state index in [0.717, 1.165) is 11.3 Å². The number of nitrogens with zero attached hydrogens (tertiary/aromatic N) is 1. The Morgan fingerprint density at radius 2 is 2.00 bits per heavy atom. The van der Waals surface area contributed by atoms with E-state index in [4.69, 9.17) is 4.52 Å². The number of halogens is 1. The van der Waals surface area contributed by atoms with Crippen LogP contribution in [-0.2, 0) is 0 Å². The molecule has 3 heteroatoms. The van der Waals surface area contributed by atoms with Gasteiger partial charge in [0.25, 0.3) is 0 Å². The summed E-state index contributed by atoms with van der Waals surface area (Å²) in [5.41, 5.74) is 2.24. The fraction of sp³-hybridized carbons (Fsp3) is 0.0833. The molecular weight excluding hydrogens is 193 g/mol. The number of hydrogen-bond donors (Lipinski definition) is 0. The third-order valence-corrected chi connectivity index (χ3v) is 2.15. The van der Waals surface area contributed by atoms with E-state index in [9.17, 15) is 4.39 Å². The number of aromatic nitrogens is 1. The molecule has 0 aliphatic rings. The first-order valence-electron chi connectivity index (χ1n) is 4.64. The van der Waals surface area contributed by atoms with Crippen molar-refractivity contribution in [2.24, 2.45) is 0 Å². The maximum absolute atomic E-state index is 13.2. The van der Waals surface area contributed by atoms with E-state index in [1.54, 1.807) is 25.1 Å². The Morgan fingerprint density at radius 1 is 1.27 bits per heavy atom. The van der Waals surface area contributed by atoms with Crippen molar-refractivity contribution >= 4 is 5.83 Å². The Hall–Kier alpha value is -1.90. The number of rotatable bonds is 2. The van der Waals surface area contributed by atoms with Gasteiger partial charge in [-0.15, -0.1) is 0 Å². The SMILES string of the molecule is C/C=C(\F)c1ccc(-c2ccon2)cc1. The molecule has 2 nitrogen and oxygen atoms in total. The summed E-state index contributed by atoms with van der Waals surface area (Å²) < 4.78 is 17.9. The van der Waals surface area contributed by atoms with Crippen LogP contribution in [0.3, 0.4) is 0 Å². The second-order valence-corrected chi connectivity index (χ2v) is 3.10. The van der Waals surface area contributed by atoms with Crippen molar-refractivity contribution in [3.8, 4) is 11.3 Å². The van der Waals surface area contributed by atoms with E-state index in [2.05, 4.69) is 5.16 Å². The van der Waals surface area contributed by atoms with Gasteiger partial charge in [0, 0.05) is 17.2 Å². The van der Waals surface area contributed by atoms with Gasteiger partial charge in [0.15, 0.2) is 0 Å². The van der Waals surface area contributed by atoms with E-state index >= 15 is 0 Å². The predicted molar refractivity (Wildman–Crippen MR) is 56.7 cm³/mol. The first-order valence-corrected chi connectivity index (χ1v) is 4.64. The molecule has 0 unspecified atom stereocenters. The first kappa shape index (κ1) is 9.65. The lowest BCUT2D eigenvalue weighted by Crippen LogP contribution is -1.80. The van der Waals surface area contributed by atoms with Gasteiger partial charge in [0.05, 0.1) is 0 Å². The zero-order valence-corrected chi connectivity index (χ0v) is 8.27. The zero-order valence-electron chi connectivity index (χ0n) is 8.27. The fourth-order valence-electron chi connectivity index (χ4n) is 1.33. The quantitative estimate of drug-likeness (QED) is 0.744. The van der Waals surface area contributed by atoms with Gasteiger partial charge in [-0.25, -0.2) is 4.39 Å². The summed E-state index contributed by atoms with van der Waals surface area (Å²) in [7, 11) is 0. The van der Waals surface area contributed by atoms with Gasteiger partial charge in [0.2, 0.25) is 0 Å². The molecule has 0 aliphatic heterocycles. The van der Waals surface area contributed by atoms with Crippen LogP contribution in [0.2, 0.25) is 0 Å². The third kappa shape index (κ3) is 1.96. The Bertz CT molecular complexity index is 457. The molecule has 1 heterocycles. The summed E-state index contributed by atoms with van der Waals surface area (Å²) in [4.78, 5) is 0. The molecule has 0 N–H and O–H groups in total. The van der Waals surface area contributed by atoms with Crippen LogP contribution in [0.15, 0.2) is 47.2 Å². The van der Waals surface area contributed by atoms with Crippen LogP contribution in [0.4, 0.5) is 4.39 Å². The largest absolute Gasteiger partial charge is 0.364 e. The number of hydrogen-bond acceptors (Lipinski definition) is 2. The number of benzene rings is 1. The van der Waals surface area contributed by atoms with Crippen molar-refractivity contribution in [2.75, 3.05) is 0 Å². The molecule has 0 amide bonds. The van der Waals surface area contributed by atoms with Crippen LogP contribution >= 0.6 is 0 Å². The van der Waals surface area contributed by atoms with Crippen LogP contribution in [0, 0.1) is 0 Å². The minimum atomic E-state index is -0.221. The summed E-state index contributed by atoms with van der Waals surface area (Å²) in [6, 6.07) is 8.84. The third-order valence-electron chi connectivity index (χ3n) is 2.15. The molecule has 0 saturated heterocycles. The molecule has 0 aliphatic carbocycles. The summed E-state index contributed by atoms with van der Waals surface area (Å²) in [6.07, 6.45) is 2.95. The Kier molecular flexibility index (Phi) is 2.63. The average molecular weight is 203 g/mol. The molecule has 0 bridgehead atoms. The Labute approximate surface area is 87.0 Å². The highest BCUT2D eigenvalue weighted by molar-refractivity contribution is 5.64. The molecule has 0 saturated carbocycles. The Morgan fingerprint density at radius 3 is 2.53 bits per heavy atom. The molecule has 0 fully saturated rings. The first-order chi connectivity index (χ1) is 7.31. The van der Waals surface area contributed by atoms with E-state index in [1.807, 2.05) is 12.1 Å². The van der Waals surface area contributed by atoms with E-state index in [0.29, 0.717) is 5.56 Å². The van der Waals surface area contributed by atoms with E-state index in [-0.39, 0.29) is 5.83 Å². The van der Waals surface area contributed by atoms with Gasteiger partial charge in [-0.05, 0) is 6.92 Å². The predicted octanol–water partition coefficient (Wildman–Crippen LogP) is 3.67. The minimum Gasteiger partial charge on any atom is -0.364 e. The summed E-state index contributed by atoms with van der Waals surface area (Å²) in [5.74, 6) is -0.221. The lowest BCUT2D eigenvalue weighted by Gasteiger charge is -1.99. The molecule has 0 spiro atoms. The molecule has 0 atom stereocenters. The number of allylic oxidation sites excluding steroid dienone is 1. The fourth-order valence-corrected chi connectivity index (χ4v) is 1.33. The molecule has 76 valence electrons. The highest BCUT2D eigenvalue weighted by atomic mass is 19.1. The average Bonchev–Trinajstić information content (AvgIpc) is 2.82. The van der Waals surface area contributed by atoms with E-state index in [1.165, 1.54) is 12.3 Å². The molecule has 2 aromatic rings. The molecule has 0 radical (unpaired) electrons.